The highest BCUT2D eigenvalue weighted by molar-refractivity contribution is 6.15. The zero-order valence-electron chi connectivity index (χ0n) is 15.1. The van der Waals surface area contributed by atoms with E-state index < -0.39 is 0 Å². The SMILES string of the molecule is c1ccc2c(c1)-c1ccccc1N1c3ccc4c([nH]c5ccccc54)c3NC21. The maximum Gasteiger partial charge on any atom is 0.131 e. The van der Waals surface area contributed by atoms with Crippen LogP contribution in [0.5, 0.6) is 0 Å². The number of aromatic nitrogens is 1. The van der Waals surface area contributed by atoms with Crippen molar-refractivity contribution >= 4 is 38.9 Å². The summed E-state index contributed by atoms with van der Waals surface area (Å²) in [5.74, 6) is 0. The number of benzene rings is 4. The maximum absolute atomic E-state index is 3.83. The van der Waals surface area contributed by atoms with Crippen LogP contribution in [0.4, 0.5) is 17.1 Å². The minimum Gasteiger partial charge on any atom is -0.358 e. The molecule has 1 aromatic heterocycles. The molecule has 132 valence electrons. The molecule has 1 atom stereocenters. The third-order valence-electron chi connectivity index (χ3n) is 6.17. The van der Waals surface area contributed by atoms with Gasteiger partial charge in [0.25, 0.3) is 0 Å². The highest BCUT2D eigenvalue weighted by atomic mass is 15.3. The number of aromatic amines is 1. The summed E-state index contributed by atoms with van der Waals surface area (Å²) in [5.41, 5.74) is 9.96. The molecule has 0 saturated carbocycles. The second-order valence-electron chi connectivity index (χ2n) is 7.57. The van der Waals surface area contributed by atoms with Gasteiger partial charge < -0.3 is 15.2 Å². The van der Waals surface area contributed by atoms with Crippen molar-refractivity contribution in [1.29, 1.82) is 0 Å². The van der Waals surface area contributed by atoms with E-state index in [4.69, 9.17) is 0 Å². The smallest absolute Gasteiger partial charge is 0.131 e. The highest BCUT2D eigenvalue weighted by Gasteiger charge is 2.38. The minimum atomic E-state index is 0.109. The summed E-state index contributed by atoms with van der Waals surface area (Å²) < 4.78 is 0. The van der Waals surface area contributed by atoms with E-state index in [-0.39, 0.29) is 6.17 Å². The Morgan fingerprint density at radius 2 is 1.43 bits per heavy atom. The molecule has 4 aromatic carbocycles. The van der Waals surface area contributed by atoms with Gasteiger partial charge in [-0.25, -0.2) is 0 Å². The van der Waals surface area contributed by atoms with Crippen LogP contribution in [0.2, 0.25) is 0 Å². The highest BCUT2D eigenvalue weighted by Crippen LogP contribution is 2.55. The van der Waals surface area contributed by atoms with Gasteiger partial charge in [-0.3, -0.25) is 0 Å². The fourth-order valence-electron chi connectivity index (χ4n) is 4.97. The Hall–Kier alpha value is -3.72. The van der Waals surface area contributed by atoms with Crippen LogP contribution < -0.4 is 10.2 Å². The van der Waals surface area contributed by atoms with Crippen molar-refractivity contribution in [2.75, 3.05) is 10.2 Å². The summed E-state index contributed by atoms with van der Waals surface area (Å²) in [4.78, 5) is 6.09. The van der Waals surface area contributed by atoms with Crippen LogP contribution in [-0.4, -0.2) is 4.98 Å². The number of hydrogen-bond acceptors (Lipinski definition) is 2. The van der Waals surface area contributed by atoms with E-state index in [1.54, 1.807) is 0 Å². The average molecular weight is 359 g/mol. The van der Waals surface area contributed by atoms with Crippen molar-refractivity contribution in [1.82, 2.24) is 4.98 Å². The molecule has 3 heteroatoms. The summed E-state index contributed by atoms with van der Waals surface area (Å²) in [6.07, 6.45) is 0.109. The lowest BCUT2D eigenvalue weighted by Crippen LogP contribution is -2.27. The van der Waals surface area contributed by atoms with Crippen LogP contribution in [-0.2, 0) is 0 Å². The van der Waals surface area contributed by atoms with Crippen LogP contribution in [0, 0.1) is 0 Å². The topological polar surface area (TPSA) is 31.1 Å². The van der Waals surface area contributed by atoms with Crippen LogP contribution in [0.25, 0.3) is 32.9 Å². The lowest BCUT2D eigenvalue weighted by molar-refractivity contribution is 0.819. The van der Waals surface area contributed by atoms with Gasteiger partial charge in [0.2, 0.25) is 0 Å². The van der Waals surface area contributed by atoms with Gasteiger partial charge in [0.15, 0.2) is 0 Å². The van der Waals surface area contributed by atoms with Gasteiger partial charge in [0.05, 0.1) is 22.6 Å². The molecule has 0 spiro atoms. The molecule has 3 nitrogen and oxygen atoms in total. The molecular formula is C25H17N3. The molecule has 2 N–H and O–H groups in total. The normalized spacial score (nSPS) is 16.4. The number of anilines is 3. The second-order valence-corrected chi connectivity index (χ2v) is 7.57. The van der Waals surface area contributed by atoms with E-state index in [9.17, 15) is 0 Å². The second kappa shape index (κ2) is 4.96. The van der Waals surface area contributed by atoms with E-state index in [0.717, 1.165) is 0 Å². The van der Waals surface area contributed by atoms with Crippen molar-refractivity contribution in [3.05, 3.63) is 90.5 Å². The van der Waals surface area contributed by atoms with Crippen LogP contribution >= 0.6 is 0 Å². The molecule has 0 bridgehead atoms. The molecule has 7 rings (SSSR count). The Balaban J connectivity index is 1.56. The number of nitrogens with zero attached hydrogens (tertiary/aromatic N) is 1. The number of fused-ring (bicyclic) bond motifs is 12. The first-order valence-corrected chi connectivity index (χ1v) is 9.68. The Labute approximate surface area is 162 Å². The zero-order chi connectivity index (χ0) is 18.2. The largest absolute Gasteiger partial charge is 0.358 e. The maximum atomic E-state index is 3.83. The summed E-state index contributed by atoms with van der Waals surface area (Å²) >= 11 is 0. The van der Waals surface area contributed by atoms with Crippen molar-refractivity contribution < 1.29 is 0 Å². The van der Waals surface area contributed by atoms with Gasteiger partial charge in [-0.05, 0) is 29.8 Å². The summed E-state index contributed by atoms with van der Waals surface area (Å²) in [6, 6.07) is 30.5. The van der Waals surface area contributed by atoms with Gasteiger partial charge in [-0.2, -0.15) is 0 Å². The number of para-hydroxylation sites is 2. The first-order valence-electron chi connectivity index (χ1n) is 9.68. The molecular weight excluding hydrogens is 342 g/mol. The van der Waals surface area contributed by atoms with Gasteiger partial charge in [-0.15, -0.1) is 0 Å². The first kappa shape index (κ1) is 14.4. The lowest BCUT2D eigenvalue weighted by Gasteiger charge is -2.35. The van der Waals surface area contributed by atoms with Crippen molar-refractivity contribution in [3.8, 4) is 11.1 Å². The Kier molecular flexibility index (Phi) is 2.54. The van der Waals surface area contributed by atoms with Gasteiger partial charge >= 0.3 is 0 Å². The molecule has 0 radical (unpaired) electrons. The Morgan fingerprint density at radius 3 is 2.39 bits per heavy atom. The average Bonchev–Trinajstić information content (AvgIpc) is 3.33. The van der Waals surface area contributed by atoms with E-state index in [0.29, 0.717) is 0 Å². The third-order valence-corrected chi connectivity index (χ3v) is 6.17. The van der Waals surface area contributed by atoms with Gasteiger partial charge in [0, 0.05) is 27.4 Å². The van der Waals surface area contributed by atoms with E-state index in [2.05, 4.69) is 100 Å². The molecule has 5 aromatic rings. The quantitative estimate of drug-likeness (QED) is 0.328. The third kappa shape index (κ3) is 1.65. The Bertz CT molecular complexity index is 1410. The monoisotopic (exact) mass is 359 g/mol. The summed E-state index contributed by atoms with van der Waals surface area (Å²) in [6.45, 7) is 0. The van der Waals surface area contributed by atoms with Gasteiger partial charge in [-0.1, -0.05) is 60.7 Å². The standard InChI is InChI=1S/C25H17N3/c1-2-10-19-15(7-1)17-9-4-6-12-21(17)28-22-14-13-18-16-8-3-5-11-20(16)26-23(18)24(22)27-25(19)28/h1-14,25-27H. The summed E-state index contributed by atoms with van der Waals surface area (Å²) in [5, 5.41) is 6.37. The molecule has 2 aliphatic heterocycles. The molecule has 0 fully saturated rings. The van der Waals surface area contributed by atoms with Crippen molar-refractivity contribution in [2.45, 2.75) is 6.17 Å². The van der Waals surface area contributed by atoms with E-state index >= 15 is 0 Å². The number of H-pyrrole nitrogens is 1. The van der Waals surface area contributed by atoms with Crippen LogP contribution in [0.3, 0.4) is 0 Å². The first-order chi connectivity index (χ1) is 13.9. The van der Waals surface area contributed by atoms with Crippen molar-refractivity contribution in [2.24, 2.45) is 0 Å². The molecule has 0 amide bonds. The van der Waals surface area contributed by atoms with E-state index in [1.807, 2.05) is 0 Å². The molecule has 2 aliphatic rings. The summed E-state index contributed by atoms with van der Waals surface area (Å²) in [7, 11) is 0. The fraction of sp³-hybridized carbons (Fsp3) is 0.0400. The lowest BCUT2D eigenvalue weighted by atomic mass is 9.91. The fourth-order valence-corrected chi connectivity index (χ4v) is 4.97. The Morgan fingerprint density at radius 1 is 0.643 bits per heavy atom. The van der Waals surface area contributed by atoms with Crippen LogP contribution in [0.1, 0.15) is 11.7 Å². The molecule has 0 saturated heterocycles. The molecule has 1 unspecified atom stereocenters. The molecule has 0 aliphatic carbocycles. The number of hydrogen-bond donors (Lipinski definition) is 2. The number of nitrogens with one attached hydrogen (secondary N) is 2. The molecule has 3 heterocycles. The number of rotatable bonds is 0. The van der Waals surface area contributed by atoms with Crippen LogP contribution in [0.15, 0.2) is 84.9 Å². The minimum absolute atomic E-state index is 0.109. The zero-order valence-corrected chi connectivity index (χ0v) is 15.1. The van der Waals surface area contributed by atoms with E-state index in [1.165, 1.54) is 55.6 Å². The predicted molar refractivity (Wildman–Crippen MR) is 116 cm³/mol. The predicted octanol–water partition coefficient (Wildman–Crippen LogP) is 6.56. The molecule has 28 heavy (non-hydrogen) atoms. The van der Waals surface area contributed by atoms with Crippen molar-refractivity contribution in [3.63, 3.8) is 0 Å². The van der Waals surface area contributed by atoms with Gasteiger partial charge in [0.1, 0.15) is 6.17 Å².